The van der Waals surface area contributed by atoms with E-state index in [2.05, 4.69) is 10.6 Å². The smallest absolute Gasteiger partial charge is 0.226 e. The van der Waals surface area contributed by atoms with Crippen LogP contribution in [0, 0.1) is 0 Å². The molecule has 1 atom stereocenters. The molecule has 0 fully saturated rings. The molecule has 0 aliphatic heterocycles. The van der Waals surface area contributed by atoms with Gasteiger partial charge in [0.2, 0.25) is 11.8 Å². The Hall–Kier alpha value is -2.24. The van der Waals surface area contributed by atoms with Gasteiger partial charge in [-0.15, -0.1) is 0 Å². The molecular weight excluding hydrogens is 387 g/mol. The van der Waals surface area contributed by atoms with Gasteiger partial charge in [0.15, 0.2) is 0 Å². The zero-order valence-electron chi connectivity index (χ0n) is 15.2. The average Bonchev–Trinajstić information content (AvgIpc) is 2.61. The number of benzene rings is 2. The van der Waals surface area contributed by atoms with Gasteiger partial charge in [-0.25, -0.2) is 0 Å². The molecule has 1 unspecified atom stereocenters. The molecule has 0 aliphatic carbocycles. The van der Waals surface area contributed by atoms with E-state index in [1.807, 2.05) is 6.92 Å². The van der Waals surface area contributed by atoms with Gasteiger partial charge >= 0.3 is 0 Å². The summed E-state index contributed by atoms with van der Waals surface area (Å²) in [6, 6.07) is 11.6. The zero-order chi connectivity index (χ0) is 19.8. The number of nitrogens with one attached hydrogen (secondary N) is 2. The van der Waals surface area contributed by atoms with Crippen LogP contribution in [0.25, 0.3) is 0 Å². The van der Waals surface area contributed by atoms with Crippen LogP contribution in [0.3, 0.4) is 0 Å². The van der Waals surface area contributed by atoms with Crippen molar-refractivity contribution in [2.75, 3.05) is 11.9 Å². The molecule has 7 heteroatoms. The molecule has 2 N–H and O–H groups in total. The zero-order valence-corrected chi connectivity index (χ0v) is 16.7. The monoisotopic (exact) mass is 408 g/mol. The fourth-order valence-electron chi connectivity index (χ4n) is 2.52. The van der Waals surface area contributed by atoms with Crippen LogP contribution in [0.1, 0.15) is 38.3 Å². The number of anilines is 1. The molecule has 0 saturated heterocycles. The molecule has 0 radical (unpaired) electrons. The molecule has 144 valence electrons. The molecule has 0 spiro atoms. The summed E-state index contributed by atoms with van der Waals surface area (Å²) in [7, 11) is 0. The maximum absolute atomic E-state index is 12.6. The van der Waals surface area contributed by atoms with Gasteiger partial charge in [-0.3, -0.25) is 9.59 Å². The van der Waals surface area contributed by atoms with Crippen LogP contribution in [0.15, 0.2) is 42.5 Å². The van der Waals surface area contributed by atoms with Gasteiger partial charge in [0.25, 0.3) is 0 Å². The summed E-state index contributed by atoms with van der Waals surface area (Å²) in [4.78, 5) is 24.1. The van der Waals surface area contributed by atoms with Crippen LogP contribution in [0.4, 0.5) is 5.69 Å². The summed E-state index contributed by atoms with van der Waals surface area (Å²) in [5, 5.41) is 6.69. The van der Waals surface area contributed by atoms with Crippen LogP contribution in [-0.2, 0) is 9.59 Å². The number of hydrogen-bond acceptors (Lipinski definition) is 3. The van der Waals surface area contributed by atoms with Gasteiger partial charge in [-0.2, -0.15) is 0 Å². The van der Waals surface area contributed by atoms with Gasteiger partial charge in [0.1, 0.15) is 5.75 Å². The Bertz CT molecular complexity index is 794. The SMILES string of the molecule is CCCOc1ccc(Cl)cc1NC(=O)CC(NC(C)=O)c1ccc(Cl)cc1. The topological polar surface area (TPSA) is 67.4 Å². The number of carbonyl (C=O) groups is 2. The molecule has 2 aromatic rings. The van der Waals surface area contributed by atoms with E-state index in [9.17, 15) is 9.59 Å². The Kier molecular flexibility index (Phi) is 7.95. The lowest BCUT2D eigenvalue weighted by Gasteiger charge is -2.19. The standard InChI is InChI=1S/C20H22Cl2N2O3/c1-3-10-27-19-9-8-16(22)11-18(19)24-20(26)12-17(23-13(2)25)14-4-6-15(21)7-5-14/h4-9,11,17H,3,10,12H2,1-2H3,(H,23,25)(H,24,26). The van der Waals surface area contributed by atoms with Gasteiger partial charge in [0, 0.05) is 17.0 Å². The molecule has 2 rings (SSSR count). The third kappa shape index (κ3) is 6.77. The lowest BCUT2D eigenvalue weighted by Crippen LogP contribution is -2.29. The third-order valence-electron chi connectivity index (χ3n) is 3.72. The lowest BCUT2D eigenvalue weighted by molar-refractivity contribution is -0.120. The van der Waals surface area contributed by atoms with Crippen molar-refractivity contribution in [3.8, 4) is 5.75 Å². The molecule has 27 heavy (non-hydrogen) atoms. The largest absolute Gasteiger partial charge is 0.491 e. The fraction of sp³-hybridized carbons (Fsp3) is 0.300. The minimum atomic E-state index is -0.473. The first-order valence-corrected chi connectivity index (χ1v) is 9.39. The van der Waals surface area contributed by atoms with E-state index in [0.717, 1.165) is 12.0 Å². The second-order valence-electron chi connectivity index (χ2n) is 6.05. The Morgan fingerprint density at radius 2 is 1.74 bits per heavy atom. The summed E-state index contributed by atoms with van der Waals surface area (Å²) in [5.74, 6) is 0.0574. The van der Waals surface area contributed by atoms with E-state index >= 15 is 0 Å². The predicted molar refractivity (Wildman–Crippen MR) is 108 cm³/mol. The van der Waals surface area contributed by atoms with Gasteiger partial charge in [-0.1, -0.05) is 42.3 Å². The fourth-order valence-corrected chi connectivity index (χ4v) is 2.82. The molecule has 2 aromatic carbocycles. The van der Waals surface area contributed by atoms with Crippen molar-refractivity contribution in [2.24, 2.45) is 0 Å². The summed E-state index contributed by atoms with van der Waals surface area (Å²) < 4.78 is 5.65. The maximum Gasteiger partial charge on any atom is 0.226 e. The summed E-state index contributed by atoms with van der Waals surface area (Å²) in [6.45, 7) is 3.94. The van der Waals surface area contributed by atoms with E-state index < -0.39 is 6.04 Å². The number of amides is 2. The summed E-state index contributed by atoms with van der Waals surface area (Å²) >= 11 is 12.0. The van der Waals surface area contributed by atoms with E-state index in [0.29, 0.717) is 28.1 Å². The first kappa shape index (κ1) is 21.1. The van der Waals surface area contributed by atoms with Gasteiger partial charge in [-0.05, 0) is 42.3 Å². The number of carbonyl (C=O) groups excluding carboxylic acids is 2. The summed E-state index contributed by atoms with van der Waals surface area (Å²) in [6.07, 6.45) is 0.901. The number of rotatable bonds is 8. The highest BCUT2D eigenvalue weighted by Crippen LogP contribution is 2.29. The van der Waals surface area contributed by atoms with E-state index in [1.165, 1.54) is 6.92 Å². The predicted octanol–water partition coefficient (Wildman–Crippen LogP) is 4.99. The highest BCUT2D eigenvalue weighted by atomic mass is 35.5. The molecule has 0 heterocycles. The average molecular weight is 409 g/mol. The molecule has 0 bridgehead atoms. The number of halogens is 2. The van der Waals surface area contributed by atoms with Crippen molar-refractivity contribution in [3.63, 3.8) is 0 Å². The van der Waals surface area contributed by atoms with E-state index in [4.69, 9.17) is 27.9 Å². The number of hydrogen-bond donors (Lipinski definition) is 2. The van der Waals surface area contributed by atoms with Crippen LogP contribution in [0.2, 0.25) is 10.0 Å². The quantitative estimate of drug-likeness (QED) is 0.646. The van der Waals surface area contributed by atoms with Crippen LogP contribution >= 0.6 is 23.2 Å². The molecule has 5 nitrogen and oxygen atoms in total. The highest BCUT2D eigenvalue weighted by molar-refractivity contribution is 6.31. The second kappa shape index (κ2) is 10.2. The lowest BCUT2D eigenvalue weighted by atomic mass is 10.0. The summed E-state index contributed by atoms with van der Waals surface area (Å²) in [5.41, 5.74) is 1.29. The van der Waals surface area contributed by atoms with Gasteiger partial charge < -0.3 is 15.4 Å². The molecular formula is C20H22Cl2N2O3. The first-order valence-electron chi connectivity index (χ1n) is 8.63. The molecule has 2 amide bonds. The Morgan fingerprint density at radius 3 is 2.37 bits per heavy atom. The highest BCUT2D eigenvalue weighted by Gasteiger charge is 2.18. The molecule has 0 aliphatic rings. The van der Waals surface area contributed by atoms with Crippen LogP contribution in [0.5, 0.6) is 5.75 Å². The molecule has 0 saturated carbocycles. The maximum atomic E-state index is 12.6. The minimum absolute atomic E-state index is 0.0565. The second-order valence-corrected chi connectivity index (χ2v) is 6.92. The first-order chi connectivity index (χ1) is 12.9. The van der Waals surface area contributed by atoms with Crippen molar-refractivity contribution >= 4 is 40.7 Å². The number of ether oxygens (including phenoxy) is 1. The third-order valence-corrected chi connectivity index (χ3v) is 4.20. The minimum Gasteiger partial charge on any atom is -0.491 e. The van der Waals surface area contributed by atoms with Crippen LogP contribution in [-0.4, -0.2) is 18.4 Å². The Morgan fingerprint density at radius 1 is 1.07 bits per heavy atom. The Labute approximate surface area is 169 Å². The van der Waals surface area contributed by atoms with Crippen LogP contribution < -0.4 is 15.4 Å². The van der Waals surface area contributed by atoms with Crippen molar-refractivity contribution in [3.05, 3.63) is 58.1 Å². The van der Waals surface area contributed by atoms with Crippen molar-refractivity contribution < 1.29 is 14.3 Å². The van der Waals surface area contributed by atoms with Gasteiger partial charge in [0.05, 0.1) is 24.8 Å². The normalized spacial score (nSPS) is 11.6. The van der Waals surface area contributed by atoms with E-state index in [1.54, 1.807) is 42.5 Å². The van der Waals surface area contributed by atoms with Crippen molar-refractivity contribution in [1.29, 1.82) is 0 Å². The van der Waals surface area contributed by atoms with Crippen molar-refractivity contribution in [1.82, 2.24) is 5.32 Å². The Balaban J connectivity index is 2.14. The molecule has 0 aromatic heterocycles. The van der Waals surface area contributed by atoms with Crippen molar-refractivity contribution in [2.45, 2.75) is 32.7 Å². The van der Waals surface area contributed by atoms with E-state index in [-0.39, 0.29) is 18.2 Å².